The van der Waals surface area contributed by atoms with Crippen molar-refractivity contribution in [3.8, 4) is 17.2 Å². The van der Waals surface area contributed by atoms with Gasteiger partial charge in [0.25, 0.3) is 5.91 Å². The molecule has 8 nitrogen and oxygen atoms in total. The maximum absolute atomic E-state index is 12.9. The normalized spacial score (nSPS) is 11.3. The van der Waals surface area contributed by atoms with Gasteiger partial charge in [0.05, 0.1) is 19.9 Å². The lowest BCUT2D eigenvalue weighted by Gasteiger charge is -2.20. The van der Waals surface area contributed by atoms with Crippen LogP contribution in [-0.4, -0.2) is 52.5 Å². The number of ether oxygens (including phenoxy) is 3. The van der Waals surface area contributed by atoms with Gasteiger partial charge in [0.1, 0.15) is 22.1 Å². The van der Waals surface area contributed by atoms with Gasteiger partial charge in [-0.3, -0.25) is 4.79 Å². The highest BCUT2D eigenvalue weighted by Crippen LogP contribution is 2.31. The van der Waals surface area contributed by atoms with Crippen LogP contribution in [0.1, 0.15) is 13.8 Å². The Morgan fingerprint density at radius 1 is 1.03 bits per heavy atom. The summed E-state index contributed by atoms with van der Waals surface area (Å²) in [5, 5.41) is 2.92. The first-order chi connectivity index (χ1) is 14.3. The average Bonchev–Trinajstić information content (AvgIpc) is 2.73. The van der Waals surface area contributed by atoms with E-state index >= 15 is 0 Å². The molecule has 0 heterocycles. The van der Waals surface area contributed by atoms with Gasteiger partial charge in [-0.05, 0) is 30.3 Å². The Labute approximate surface area is 181 Å². The van der Waals surface area contributed by atoms with Gasteiger partial charge in [0, 0.05) is 24.2 Å². The highest BCUT2D eigenvalue weighted by Gasteiger charge is 2.26. The molecule has 10 heteroatoms. The molecule has 0 unspecified atom stereocenters. The Bertz CT molecular complexity index is 993. The first kappa shape index (κ1) is 23.8. The minimum absolute atomic E-state index is 0.0446. The number of hydrogen-bond donors (Lipinski definition) is 1. The van der Waals surface area contributed by atoms with E-state index in [1.54, 1.807) is 32.0 Å². The number of amides is 1. The molecule has 0 radical (unpaired) electrons. The zero-order valence-corrected chi connectivity index (χ0v) is 18.8. The molecule has 0 aliphatic heterocycles. The van der Waals surface area contributed by atoms with Crippen LogP contribution in [0, 0.1) is 0 Å². The van der Waals surface area contributed by atoms with Crippen LogP contribution in [0.4, 0.5) is 5.69 Å². The van der Waals surface area contributed by atoms with E-state index in [2.05, 4.69) is 5.32 Å². The van der Waals surface area contributed by atoms with Crippen molar-refractivity contribution in [3.05, 3.63) is 41.4 Å². The minimum Gasteiger partial charge on any atom is -0.497 e. The summed E-state index contributed by atoms with van der Waals surface area (Å²) >= 11 is 6.00. The number of anilines is 1. The summed E-state index contributed by atoms with van der Waals surface area (Å²) in [5.41, 5.74) is 0.430. The van der Waals surface area contributed by atoms with Crippen molar-refractivity contribution < 1.29 is 27.4 Å². The van der Waals surface area contributed by atoms with Gasteiger partial charge < -0.3 is 19.5 Å². The molecule has 0 atom stereocenters. The molecule has 1 amide bonds. The van der Waals surface area contributed by atoms with E-state index in [0.29, 0.717) is 30.3 Å². The van der Waals surface area contributed by atoms with Crippen LogP contribution in [0.15, 0.2) is 41.3 Å². The zero-order valence-electron chi connectivity index (χ0n) is 17.3. The molecule has 164 valence electrons. The van der Waals surface area contributed by atoms with Gasteiger partial charge in [-0.15, -0.1) is 0 Å². The van der Waals surface area contributed by atoms with Crippen molar-refractivity contribution in [2.24, 2.45) is 0 Å². The SMILES string of the molecule is CCN(CC)S(=O)(=O)c1cc(Cl)ccc1OCC(=O)Nc1ccc(OC)cc1OC. The van der Waals surface area contributed by atoms with Crippen LogP contribution in [-0.2, 0) is 14.8 Å². The predicted octanol–water partition coefficient (Wildman–Crippen LogP) is 3.41. The number of nitrogens with one attached hydrogen (secondary N) is 1. The first-order valence-electron chi connectivity index (χ1n) is 9.21. The molecule has 2 aromatic rings. The Morgan fingerprint density at radius 2 is 1.73 bits per heavy atom. The van der Waals surface area contributed by atoms with Gasteiger partial charge in [0.2, 0.25) is 10.0 Å². The van der Waals surface area contributed by atoms with E-state index in [1.165, 1.54) is 36.7 Å². The third kappa shape index (κ3) is 5.56. The average molecular weight is 457 g/mol. The van der Waals surface area contributed by atoms with Crippen LogP contribution < -0.4 is 19.5 Å². The van der Waals surface area contributed by atoms with E-state index in [4.69, 9.17) is 25.8 Å². The molecule has 2 aromatic carbocycles. The third-order valence-corrected chi connectivity index (χ3v) is 6.58. The lowest BCUT2D eigenvalue weighted by Crippen LogP contribution is -2.31. The van der Waals surface area contributed by atoms with Crippen molar-refractivity contribution in [1.29, 1.82) is 0 Å². The van der Waals surface area contributed by atoms with Crippen molar-refractivity contribution >= 4 is 33.2 Å². The summed E-state index contributed by atoms with van der Waals surface area (Å²) in [6.45, 7) is 3.66. The summed E-state index contributed by atoms with van der Waals surface area (Å²) < 4.78 is 43.0. The molecule has 0 saturated carbocycles. The van der Waals surface area contributed by atoms with Crippen molar-refractivity contribution in [3.63, 3.8) is 0 Å². The molecule has 0 fully saturated rings. The lowest BCUT2D eigenvalue weighted by molar-refractivity contribution is -0.118. The lowest BCUT2D eigenvalue weighted by atomic mass is 10.2. The van der Waals surface area contributed by atoms with Crippen LogP contribution in [0.2, 0.25) is 5.02 Å². The molecule has 0 saturated heterocycles. The van der Waals surface area contributed by atoms with E-state index in [9.17, 15) is 13.2 Å². The summed E-state index contributed by atoms with van der Waals surface area (Å²) in [6, 6.07) is 9.18. The zero-order chi connectivity index (χ0) is 22.3. The Balaban J connectivity index is 2.19. The maximum Gasteiger partial charge on any atom is 0.262 e. The van der Waals surface area contributed by atoms with Crippen LogP contribution >= 0.6 is 11.6 Å². The highest BCUT2D eigenvalue weighted by atomic mass is 35.5. The molecule has 0 spiro atoms. The Hall–Kier alpha value is -2.49. The molecule has 30 heavy (non-hydrogen) atoms. The number of benzene rings is 2. The molecular weight excluding hydrogens is 432 g/mol. The van der Waals surface area contributed by atoms with Crippen molar-refractivity contribution in [2.45, 2.75) is 18.7 Å². The fraction of sp³-hybridized carbons (Fsp3) is 0.350. The predicted molar refractivity (Wildman–Crippen MR) is 115 cm³/mol. The largest absolute Gasteiger partial charge is 0.497 e. The second kappa shape index (κ2) is 10.5. The monoisotopic (exact) mass is 456 g/mol. The smallest absolute Gasteiger partial charge is 0.262 e. The quantitative estimate of drug-likeness (QED) is 0.588. The Kier molecular flexibility index (Phi) is 8.33. The van der Waals surface area contributed by atoms with E-state index < -0.39 is 22.5 Å². The fourth-order valence-electron chi connectivity index (χ4n) is 2.74. The number of sulfonamides is 1. The summed E-state index contributed by atoms with van der Waals surface area (Å²) in [5.74, 6) is 0.551. The number of methoxy groups -OCH3 is 2. The van der Waals surface area contributed by atoms with Gasteiger partial charge in [0.15, 0.2) is 6.61 Å². The molecule has 1 N–H and O–H groups in total. The number of hydrogen-bond acceptors (Lipinski definition) is 6. The van der Waals surface area contributed by atoms with E-state index in [0.717, 1.165) is 0 Å². The van der Waals surface area contributed by atoms with Crippen LogP contribution in [0.25, 0.3) is 0 Å². The van der Waals surface area contributed by atoms with Gasteiger partial charge in [-0.1, -0.05) is 25.4 Å². The maximum atomic E-state index is 12.9. The standard InChI is InChI=1S/C20H25ClN2O6S/c1-5-23(6-2)30(25,26)19-11-14(21)7-10-17(19)29-13-20(24)22-16-9-8-15(27-3)12-18(16)28-4/h7-12H,5-6,13H2,1-4H3,(H,22,24). The van der Waals surface area contributed by atoms with Gasteiger partial charge >= 0.3 is 0 Å². The molecule has 2 rings (SSSR count). The van der Waals surface area contributed by atoms with E-state index in [1.807, 2.05) is 0 Å². The van der Waals surface area contributed by atoms with Gasteiger partial charge in [-0.2, -0.15) is 4.31 Å². The number of carbonyl (C=O) groups excluding carboxylic acids is 1. The van der Waals surface area contributed by atoms with E-state index in [-0.39, 0.29) is 15.7 Å². The second-order valence-corrected chi connectivity index (χ2v) is 8.43. The minimum atomic E-state index is -3.82. The van der Waals surface area contributed by atoms with Crippen LogP contribution in [0.3, 0.4) is 0 Å². The number of carbonyl (C=O) groups is 1. The second-order valence-electron chi connectivity index (χ2n) is 6.08. The molecule has 0 aromatic heterocycles. The number of rotatable bonds is 10. The number of nitrogens with zero attached hydrogens (tertiary/aromatic N) is 1. The number of halogens is 1. The third-order valence-electron chi connectivity index (χ3n) is 4.27. The highest BCUT2D eigenvalue weighted by molar-refractivity contribution is 7.89. The van der Waals surface area contributed by atoms with Crippen molar-refractivity contribution in [2.75, 3.05) is 39.2 Å². The molecular formula is C20H25ClN2O6S. The first-order valence-corrected chi connectivity index (χ1v) is 11.0. The van der Waals surface area contributed by atoms with Gasteiger partial charge in [-0.25, -0.2) is 8.42 Å². The topological polar surface area (TPSA) is 94.2 Å². The van der Waals surface area contributed by atoms with Crippen molar-refractivity contribution in [1.82, 2.24) is 4.31 Å². The molecule has 0 aliphatic carbocycles. The summed E-state index contributed by atoms with van der Waals surface area (Å²) in [6.07, 6.45) is 0. The summed E-state index contributed by atoms with van der Waals surface area (Å²) in [4.78, 5) is 12.3. The molecule has 0 aliphatic rings. The summed E-state index contributed by atoms with van der Waals surface area (Å²) in [7, 11) is -0.825. The fourth-order valence-corrected chi connectivity index (χ4v) is 4.59. The Morgan fingerprint density at radius 3 is 2.33 bits per heavy atom. The molecule has 0 bridgehead atoms. The van der Waals surface area contributed by atoms with Crippen LogP contribution in [0.5, 0.6) is 17.2 Å².